The zero-order chi connectivity index (χ0) is 18.5. The third-order valence-corrected chi connectivity index (χ3v) is 5.53. The van der Waals surface area contributed by atoms with Crippen LogP contribution in [0.5, 0.6) is 0 Å². The summed E-state index contributed by atoms with van der Waals surface area (Å²) in [5.74, 6) is -0.399. The van der Waals surface area contributed by atoms with Gasteiger partial charge in [0.15, 0.2) is 5.17 Å². The van der Waals surface area contributed by atoms with Gasteiger partial charge in [0.25, 0.3) is 0 Å². The fourth-order valence-electron chi connectivity index (χ4n) is 2.29. The summed E-state index contributed by atoms with van der Waals surface area (Å²) in [6.07, 6.45) is 3.34. The number of aliphatic imine (C=N–C) groups is 1. The highest BCUT2D eigenvalue weighted by Crippen LogP contribution is 2.32. The SMILES string of the molecule is C=CCN1C(=O)[C@H](CC(=O)Nc2ccc(Cl)cc2)SC1=Nc1nccs1. The van der Waals surface area contributed by atoms with Crippen molar-refractivity contribution in [2.75, 3.05) is 11.9 Å². The summed E-state index contributed by atoms with van der Waals surface area (Å²) in [6, 6.07) is 6.81. The average molecular weight is 407 g/mol. The molecule has 0 bridgehead atoms. The van der Waals surface area contributed by atoms with Crippen molar-refractivity contribution in [3.05, 3.63) is 53.5 Å². The highest BCUT2D eigenvalue weighted by Gasteiger charge is 2.38. The summed E-state index contributed by atoms with van der Waals surface area (Å²) >= 11 is 8.49. The minimum Gasteiger partial charge on any atom is -0.326 e. The number of rotatable bonds is 6. The molecule has 2 aromatic rings. The van der Waals surface area contributed by atoms with Crippen molar-refractivity contribution in [3.8, 4) is 0 Å². The van der Waals surface area contributed by atoms with Crippen LogP contribution in [0.15, 0.2) is 53.5 Å². The lowest BCUT2D eigenvalue weighted by atomic mass is 10.2. The van der Waals surface area contributed by atoms with E-state index < -0.39 is 5.25 Å². The minimum absolute atomic E-state index is 0.0522. The number of aromatic nitrogens is 1. The molecule has 1 aromatic heterocycles. The number of halogens is 1. The molecule has 134 valence electrons. The summed E-state index contributed by atoms with van der Waals surface area (Å²) in [5.41, 5.74) is 0.634. The van der Waals surface area contributed by atoms with Gasteiger partial charge in [0.2, 0.25) is 16.9 Å². The first kappa shape index (κ1) is 18.6. The van der Waals surface area contributed by atoms with E-state index in [-0.39, 0.29) is 18.2 Å². The first-order chi connectivity index (χ1) is 12.6. The van der Waals surface area contributed by atoms with Gasteiger partial charge in [-0.2, -0.15) is 4.99 Å². The van der Waals surface area contributed by atoms with E-state index in [0.717, 1.165) is 0 Å². The van der Waals surface area contributed by atoms with Crippen LogP contribution in [0.3, 0.4) is 0 Å². The predicted octanol–water partition coefficient (Wildman–Crippen LogP) is 3.94. The molecule has 26 heavy (non-hydrogen) atoms. The van der Waals surface area contributed by atoms with Gasteiger partial charge in [-0.1, -0.05) is 29.4 Å². The van der Waals surface area contributed by atoms with Gasteiger partial charge in [-0.15, -0.1) is 17.9 Å². The summed E-state index contributed by atoms with van der Waals surface area (Å²) in [6.45, 7) is 4.02. The quantitative estimate of drug-likeness (QED) is 0.737. The van der Waals surface area contributed by atoms with Gasteiger partial charge >= 0.3 is 0 Å². The number of carbonyl (C=O) groups excluding carboxylic acids is 2. The second kappa shape index (κ2) is 8.48. The van der Waals surface area contributed by atoms with Gasteiger partial charge in [0, 0.05) is 35.3 Å². The zero-order valence-electron chi connectivity index (χ0n) is 13.6. The van der Waals surface area contributed by atoms with E-state index in [0.29, 0.717) is 27.6 Å². The van der Waals surface area contributed by atoms with Crippen LogP contribution in [0, 0.1) is 0 Å². The number of thioether (sulfide) groups is 1. The van der Waals surface area contributed by atoms with E-state index in [1.807, 2.05) is 5.38 Å². The Morgan fingerprint density at radius 3 is 2.85 bits per heavy atom. The number of hydrogen-bond acceptors (Lipinski definition) is 6. The van der Waals surface area contributed by atoms with E-state index in [1.54, 1.807) is 36.5 Å². The van der Waals surface area contributed by atoms with E-state index in [4.69, 9.17) is 11.6 Å². The van der Waals surface area contributed by atoms with Crippen LogP contribution in [0.4, 0.5) is 10.8 Å². The molecule has 1 atom stereocenters. The third-order valence-electron chi connectivity index (χ3n) is 3.44. The number of anilines is 1. The van der Waals surface area contributed by atoms with Crippen molar-refractivity contribution >= 4 is 62.5 Å². The fourth-order valence-corrected chi connectivity index (χ4v) is 4.13. The van der Waals surface area contributed by atoms with E-state index in [2.05, 4.69) is 21.9 Å². The maximum Gasteiger partial charge on any atom is 0.242 e. The molecule has 1 aliphatic rings. The Morgan fingerprint density at radius 1 is 1.42 bits per heavy atom. The predicted molar refractivity (Wildman–Crippen MR) is 107 cm³/mol. The van der Waals surface area contributed by atoms with Gasteiger partial charge in [0.1, 0.15) is 5.25 Å². The molecule has 1 aromatic carbocycles. The lowest BCUT2D eigenvalue weighted by molar-refractivity contribution is -0.127. The Hall–Kier alpha value is -2.16. The Labute approximate surface area is 164 Å². The monoisotopic (exact) mass is 406 g/mol. The lowest BCUT2D eigenvalue weighted by Crippen LogP contribution is -2.33. The molecule has 1 fully saturated rings. The fraction of sp³-hybridized carbons (Fsp3) is 0.176. The molecule has 0 radical (unpaired) electrons. The van der Waals surface area contributed by atoms with Crippen LogP contribution in [0.2, 0.25) is 5.02 Å². The van der Waals surface area contributed by atoms with Gasteiger partial charge in [-0.3, -0.25) is 14.5 Å². The first-order valence-corrected chi connectivity index (χ1v) is 9.83. The lowest BCUT2D eigenvalue weighted by Gasteiger charge is -2.13. The van der Waals surface area contributed by atoms with Crippen molar-refractivity contribution in [2.45, 2.75) is 11.7 Å². The van der Waals surface area contributed by atoms with Crippen molar-refractivity contribution in [2.24, 2.45) is 4.99 Å². The molecule has 0 aliphatic carbocycles. The highest BCUT2D eigenvalue weighted by molar-refractivity contribution is 8.15. The number of hydrogen-bond donors (Lipinski definition) is 1. The second-order valence-electron chi connectivity index (χ2n) is 5.31. The molecule has 1 N–H and O–H groups in total. The van der Waals surface area contributed by atoms with Crippen molar-refractivity contribution in [1.82, 2.24) is 9.88 Å². The number of amidine groups is 1. The van der Waals surface area contributed by atoms with Crippen LogP contribution in [0.1, 0.15) is 6.42 Å². The molecule has 6 nitrogen and oxygen atoms in total. The van der Waals surface area contributed by atoms with Crippen molar-refractivity contribution in [3.63, 3.8) is 0 Å². The molecule has 1 saturated heterocycles. The molecule has 2 heterocycles. The summed E-state index contributed by atoms with van der Waals surface area (Å²) in [7, 11) is 0. The molecule has 0 unspecified atom stereocenters. The Bertz CT molecular complexity index is 837. The smallest absolute Gasteiger partial charge is 0.242 e. The molecule has 2 amide bonds. The number of nitrogens with one attached hydrogen (secondary N) is 1. The van der Waals surface area contributed by atoms with Crippen LogP contribution < -0.4 is 5.32 Å². The minimum atomic E-state index is -0.527. The van der Waals surface area contributed by atoms with Gasteiger partial charge in [-0.05, 0) is 24.3 Å². The maximum absolute atomic E-state index is 12.6. The molecule has 3 rings (SSSR count). The Morgan fingerprint density at radius 2 is 2.19 bits per heavy atom. The highest BCUT2D eigenvalue weighted by atomic mass is 35.5. The van der Waals surface area contributed by atoms with Crippen LogP contribution in [0.25, 0.3) is 0 Å². The third kappa shape index (κ3) is 4.51. The van der Waals surface area contributed by atoms with Gasteiger partial charge in [0.05, 0.1) is 0 Å². The first-order valence-electron chi connectivity index (χ1n) is 7.69. The van der Waals surface area contributed by atoms with E-state index in [9.17, 15) is 9.59 Å². The van der Waals surface area contributed by atoms with E-state index in [1.165, 1.54) is 28.0 Å². The topological polar surface area (TPSA) is 74.7 Å². The Balaban J connectivity index is 1.69. The largest absolute Gasteiger partial charge is 0.326 e. The molecule has 0 saturated carbocycles. The number of amides is 2. The normalized spacial score (nSPS) is 18.3. The second-order valence-corrected chi connectivity index (χ2v) is 7.79. The summed E-state index contributed by atoms with van der Waals surface area (Å²) < 4.78 is 0. The zero-order valence-corrected chi connectivity index (χ0v) is 16.0. The van der Waals surface area contributed by atoms with Crippen molar-refractivity contribution in [1.29, 1.82) is 0 Å². The number of carbonyl (C=O) groups is 2. The molecule has 9 heteroatoms. The van der Waals surface area contributed by atoms with Gasteiger partial charge in [-0.25, -0.2) is 4.98 Å². The number of benzene rings is 1. The average Bonchev–Trinajstić information content (AvgIpc) is 3.22. The van der Waals surface area contributed by atoms with Crippen LogP contribution in [-0.2, 0) is 9.59 Å². The molecule has 1 aliphatic heterocycles. The molecular formula is C17H15ClN4O2S2. The van der Waals surface area contributed by atoms with Crippen LogP contribution in [-0.4, -0.2) is 38.7 Å². The van der Waals surface area contributed by atoms with Gasteiger partial charge < -0.3 is 5.32 Å². The maximum atomic E-state index is 12.6. The number of thiazole rings is 1. The molecule has 0 spiro atoms. The van der Waals surface area contributed by atoms with Crippen molar-refractivity contribution < 1.29 is 9.59 Å². The Kier molecular flexibility index (Phi) is 6.08. The summed E-state index contributed by atoms with van der Waals surface area (Å²) in [4.78, 5) is 35.0. The standard InChI is InChI=1S/C17H15ClN4O2S2/c1-2-8-22-15(24)13(26-17(22)21-16-19-7-9-25-16)10-14(23)20-12-5-3-11(18)4-6-12/h2-7,9,13H,1,8,10H2,(H,20,23)/t13-/m0/s1. The van der Waals surface area contributed by atoms with E-state index >= 15 is 0 Å². The molecular weight excluding hydrogens is 392 g/mol. The van der Waals surface area contributed by atoms with Crippen LogP contribution >= 0.6 is 34.7 Å². The summed E-state index contributed by atoms with van der Waals surface area (Å²) in [5, 5.41) is 5.76. The number of nitrogens with zero attached hydrogens (tertiary/aromatic N) is 3.